The molecule has 0 aliphatic heterocycles. The molecule has 0 atom stereocenters. The van der Waals surface area contributed by atoms with Crippen molar-refractivity contribution in [1.82, 2.24) is 0 Å². The lowest BCUT2D eigenvalue weighted by molar-refractivity contribution is 1.13. The van der Waals surface area contributed by atoms with Gasteiger partial charge in [0.2, 0.25) is 0 Å². The Kier molecular flexibility index (Phi) is 4.32. The van der Waals surface area contributed by atoms with E-state index in [4.69, 9.17) is 0 Å². The van der Waals surface area contributed by atoms with Gasteiger partial charge in [-0.25, -0.2) is 0 Å². The normalized spacial score (nSPS) is 10.4. The fourth-order valence-electron chi connectivity index (χ4n) is 1.95. The summed E-state index contributed by atoms with van der Waals surface area (Å²) < 4.78 is 0. The van der Waals surface area contributed by atoms with Gasteiger partial charge in [0.25, 0.3) is 0 Å². The maximum absolute atomic E-state index is 3.49. The Morgan fingerprint density at radius 2 is 1.72 bits per heavy atom. The van der Waals surface area contributed by atoms with Gasteiger partial charge in [-0.2, -0.15) is 0 Å². The van der Waals surface area contributed by atoms with E-state index < -0.39 is 0 Å². The predicted octanol–water partition coefficient (Wildman–Crippen LogP) is 4.64. The molecule has 0 heterocycles. The van der Waals surface area contributed by atoms with Gasteiger partial charge in [0, 0.05) is 17.1 Å². The van der Waals surface area contributed by atoms with Crippen molar-refractivity contribution in [1.29, 1.82) is 0 Å². The number of thioether (sulfide) groups is 1. The summed E-state index contributed by atoms with van der Waals surface area (Å²) in [6.45, 7) is 5.14. The number of hydrogen-bond donors (Lipinski definition) is 1. The standard InChI is InChI=1S/C16H19NS/c1-12-4-9-16(13(2)10-12)17-11-14-5-7-15(18-3)8-6-14/h4-10,17H,11H2,1-3H3. The third kappa shape index (κ3) is 3.30. The minimum Gasteiger partial charge on any atom is -0.381 e. The van der Waals surface area contributed by atoms with E-state index in [1.54, 1.807) is 11.8 Å². The van der Waals surface area contributed by atoms with Crippen molar-refractivity contribution in [3.8, 4) is 0 Å². The van der Waals surface area contributed by atoms with Crippen molar-refractivity contribution in [3.05, 3.63) is 59.2 Å². The Hall–Kier alpha value is -1.41. The summed E-state index contributed by atoms with van der Waals surface area (Å²) in [5.41, 5.74) is 5.14. The second kappa shape index (κ2) is 5.96. The highest BCUT2D eigenvalue weighted by molar-refractivity contribution is 7.98. The molecule has 0 aliphatic rings. The minimum absolute atomic E-state index is 0.874. The van der Waals surface area contributed by atoms with Gasteiger partial charge in [-0.1, -0.05) is 29.8 Å². The Bertz CT molecular complexity index is 517. The van der Waals surface area contributed by atoms with Gasteiger partial charge in [0.15, 0.2) is 0 Å². The van der Waals surface area contributed by atoms with Crippen LogP contribution in [0.3, 0.4) is 0 Å². The molecule has 2 heteroatoms. The van der Waals surface area contributed by atoms with Gasteiger partial charge in [-0.3, -0.25) is 0 Å². The number of anilines is 1. The summed E-state index contributed by atoms with van der Waals surface area (Å²) in [4.78, 5) is 1.31. The van der Waals surface area contributed by atoms with Crippen LogP contribution in [0.4, 0.5) is 5.69 Å². The van der Waals surface area contributed by atoms with Crippen LogP contribution < -0.4 is 5.32 Å². The zero-order valence-corrected chi connectivity index (χ0v) is 12.0. The summed E-state index contributed by atoms with van der Waals surface area (Å²) in [6.07, 6.45) is 2.10. The van der Waals surface area contributed by atoms with Crippen LogP contribution in [0.25, 0.3) is 0 Å². The van der Waals surface area contributed by atoms with Crippen LogP contribution >= 0.6 is 11.8 Å². The topological polar surface area (TPSA) is 12.0 Å². The molecule has 1 N–H and O–H groups in total. The molecule has 0 saturated carbocycles. The number of rotatable bonds is 4. The molecule has 0 spiro atoms. The van der Waals surface area contributed by atoms with Crippen LogP contribution in [0.1, 0.15) is 16.7 Å². The molecular weight excluding hydrogens is 238 g/mol. The molecule has 0 aromatic heterocycles. The smallest absolute Gasteiger partial charge is 0.0400 e. The van der Waals surface area contributed by atoms with Crippen molar-refractivity contribution in [2.75, 3.05) is 11.6 Å². The van der Waals surface area contributed by atoms with E-state index in [0.29, 0.717) is 0 Å². The number of aryl methyl sites for hydroxylation is 2. The molecule has 0 unspecified atom stereocenters. The lowest BCUT2D eigenvalue weighted by Crippen LogP contribution is -2.01. The molecule has 0 amide bonds. The van der Waals surface area contributed by atoms with Crippen molar-refractivity contribution in [3.63, 3.8) is 0 Å². The van der Waals surface area contributed by atoms with Crippen LogP contribution in [0.5, 0.6) is 0 Å². The van der Waals surface area contributed by atoms with E-state index >= 15 is 0 Å². The summed E-state index contributed by atoms with van der Waals surface area (Å²) in [7, 11) is 0. The SMILES string of the molecule is CSc1ccc(CNc2ccc(C)cc2C)cc1. The van der Waals surface area contributed by atoms with Crippen LogP contribution in [-0.4, -0.2) is 6.26 Å². The van der Waals surface area contributed by atoms with Crippen LogP contribution in [0.15, 0.2) is 47.4 Å². The maximum Gasteiger partial charge on any atom is 0.0400 e. The van der Waals surface area contributed by atoms with Gasteiger partial charge >= 0.3 is 0 Å². The zero-order valence-electron chi connectivity index (χ0n) is 11.2. The predicted molar refractivity (Wildman–Crippen MR) is 81.5 cm³/mol. The Morgan fingerprint density at radius 3 is 2.33 bits per heavy atom. The first-order valence-electron chi connectivity index (χ1n) is 6.13. The van der Waals surface area contributed by atoms with E-state index in [-0.39, 0.29) is 0 Å². The third-order valence-electron chi connectivity index (χ3n) is 3.02. The average Bonchev–Trinajstić information content (AvgIpc) is 2.38. The Balaban J connectivity index is 2.02. The van der Waals surface area contributed by atoms with Crippen molar-refractivity contribution >= 4 is 17.4 Å². The molecule has 2 aromatic carbocycles. The van der Waals surface area contributed by atoms with E-state index in [2.05, 4.69) is 67.9 Å². The first-order valence-corrected chi connectivity index (χ1v) is 7.35. The van der Waals surface area contributed by atoms with Crippen LogP contribution in [-0.2, 0) is 6.54 Å². The Labute approximate surface area is 114 Å². The van der Waals surface area contributed by atoms with Crippen molar-refractivity contribution in [2.45, 2.75) is 25.3 Å². The molecule has 0 saturated heterocycles. The second-order valence-corrected chi connectivity index (χ2v) is 5.40. The molecule has 94 valence electrons. The fraction of sp³-hybridized carbons (Fsp3) is 0.250. The Morgan fingerprint density at radius 1 is 1.00 bits per heavy atom. The summed E-state index contributed by atoms with van der Waals surface area (Å²) in [5, 5.41) is 3.49. The summed E-state index contributed by atoms with van der Waals surface area (Å²) >= 11 is 1.78. The highest BCUT2D eigenvalue weighted by Crippen LogP contribution is 2.18. The lowest BCUT2D eigenvalue weighted by atomic mass is 10.1. The van der Waals surface area contributed by atoms with Gasteiger partial charge in [-0.05, 0) is 49.4 Å². The highest BCUT2D eigenvalue weighted by atomic mass is 32.2. The van der Waals surface area contributed by atoms with Gasteiger partial charge in [0.05, 0.1) is 0 Å². The quantitative estimate of drug-likeness (QED) is 0.801. The lowest BCUT2D eigenvalue weighted by Gasteiger charge is -2.10. The number of hydrogen-bond acceptors (Lipinski definition) is 2. The van der Waals surface area contributed by atoms with Crippen molar-refractivity contribution in [2.24, 2.45) is 0 Å². The zero-order chi connectivity index (χ0) is 13.0. The molecule has 0 radical (unpaired) electrons. The van der Waals surface area contributed by atoms with Gasteiger partial charge in [-0.15, -0.1) is 11.8 Å². The average molecular weight is 257 g/mol. The second-order valence-electron chi connectivity index (χ2n) is 4.52. The van der Waals surface area contributed by atoms with E-state index in [1.807, 2.05) is 0 Å². The first-order chi connectivity index (χ1) is 8.69. The highest BCUT2D eigenvalue weighted by Gasteiger charge is 1.98. The molecule has 0 fully saturated rings. The summed E-state index contributed by atoms with van der Waals surface area (Å²) in [6, 6.07) is 15.2. The van der Waals surface area contributed by atoms with E-state index in [1.165, 1.54) is 27.3 Å². The van der Waals surface area contributed by atoms with Crippen LogP contribution in [0.2, 0.25) is 0 Å². The number of benzene rings is 2. The summed E-state index contributed by atoms with van der Waals surface area (Å²) in [5.74, 6) is 0. The van der Waals surface area contributed by atoms with E-state index in [9.17, 15) is 0 Å². The minimum atomic E-state index is 0.874. The molecule has 0 bridgehead atoms. The van der Waals surface area contributed by atoms with Crippen molar-refractivity contribution < 1.29 is 0 Å². The van der Waals surface area contributed by atoms with Gasteiger partial charge < -0.3 is 5.32 Å². The molecule has 0 aliphatic carbocycles. The van der Waals surface area contributed by atoms with E-state index in [0.717, 1.165) is 6.54 Å². The largest absolute Gasteiger partial charge is 0.381 e. The third-order valence-corrected chi connectivity index (χ3v) is 3.77. The first kappa shape index (κ1) is 13.0. The molecular formula is C16H19NS. The van der Waals surface area contributed by atoms with Crippen LogP contribution in [0, 0.1) is 13.8 Å². The maximum atomic E-state index is 3.49. The molecule has 18 heavy (non-hydrogen) atoms. The monoisotopic (exact) mass is 257 g/mol. The molecule has 2 rings (SSSR count). The molecule has 1 nitrogen and oxygen atoms in total. The molecule has 2 aromatic rings. The number of nitrogens with one attached hydrogen (secondary N) is 1. The fourth-order valence-corrected chi connectivity index (χ4v) is 2.36. The van der Waals surface area contributed by atoms with Gasteiger partial charge in [0.1, 0.15) is 0 Å².